The Morgan fingerprint density at radius 2 is 2.17 bits per heavy atom. The van der Waals surface area contributed by atoms with E-state index in [1.165, 1.54) is 31.0 Å². The predicted molar refractivity (Wildman–Crippen MR) is 68.1 cm³/mol. The summed E-state index contributed by atoms with van der Waals surface area (Å²) in [5.41, 5.74) is 6.11. The zero-order valence-electron chi connectivity index (χ0n) is 9.89. The Kier molecular flexibility index (Phi) is 3.55. The first-order valence-corrected chi connectivity index (χ1v) is 7.30. The van der Waals surface area contributed by atoms with Crippen molar-refractivity contribution in [2.24, 2.45) is 5.92 Å². The Bertz CT molecular complexity index is 586. The van der Waals surface area contributed by atoms with E-state index in [1.54, 1.807) is 0 Å². The van der Waals surface area contributed by atoms with Crippen LogP contribution in [0.2, 0.25) is 0 Å². The summed E-state index contributed by atoms with van der Waals surface area (Å²) in [4.78, 5) is 0.0392. The number of hydrogen-bond acceptors (Lipinski definition) is 4. The highest BCUT2D eigenvalue weighted by Crippen LogP contribution is 2.31. The molecule has 1 fully saturated rings. The molecule has 0 amide bonds. The van der Waals surface area contributed by atoms with E-state index in [-0.39, 0.29) is 10.6 Å². The molecule has 0 heterocycles. The highest BCUT2D eigenvalue weighted by Gasteiger charge is 2.22. The molecule has 0 radical (unpaired) electrons. The first kappa shape index (κ1) is 12.9. The minimum Gasteiger partial charge on any atom is -0.398 e. The number of nitrogens with one attached hydrogen (secondary N) is 1. The van der Waals surface area contributed by atoms with E-state index in [2.05, 4.69) is 4.72 Å². The Balaban J connectivity index is 2.10. The average molecular weight is 265 g/mol. The van der Waals surface area contributed by atoms with Gasteiger partial charge in [0.1, 0.15) is 4.90 Å². The van der Waals surface area contributed by atoms with Crippen LogP contribution in [0.15, 0.2) is 23.1 Å². The van der Waals surface area contributed by atoms with Crippen LogP contribution < -0.4 is 10.5 Å². The van der Waals surface area contributed by atoms with Crippen molar-refractivity contribution >= 4 is 15.7 Å². The second kappa shape index (κ2) is 4.96. The van der Waals surface area contributed by atoms with Gasteiger partial charge in [-0.3, -0.25) is 0 Å². The van der Waals surface area contributed by atoms with Crippen LogP contribution in [-0.2, 0) is 10.0 Å². The van der Waals surface area contributed by atoms with E-state index in [4.69, 9.17) is 11.0 Å². The molecule has 0 aliphatic heterocycles. The maximum Gasteiger partial charge on any atom is 0.242 e. The van der Waals surface area contributed by atoms with Crippen molar-refractivity contribution in [2.75, 3.05) is 12.3 Å². The third-order valence-electron chi connectivity index (χ3n) is 2.97. The molecule has 18 heavy (non-hydrogen) atoms. The maximum absolute atomic E-state index is 12.0. The Morgan fingerprint density at radius 3 is 2.72 bits per heavy atom. The second-order valence-electron chi connectivity index (χ2n) is 4.49. The van der Waals surface area contributed by atoms with Crippen molar-refractivity contribution < 1.29 is 8.42 Å². The minimum atomic E-state index is -3.57. The van der Waals surface area contributed by atoms with Crippen molar-refractivity contribution in [3.05, 3.63) is 23.8 Å². The number of nitrogens with zero attached hydrogens (tertiary/aromatic N) is 1. The van der Waals surface area contributed by atoms with Crippen molar-refractivity contribution in [1.29, 1.82) is 5.26 Å². The number of anilines is 1. The molecular weight excluding hydrogens is 250 g/mol. The standard InChI is InChI=1S/C12H15N3O2S/c13-8-10-3-4-12(11(14)7-10)18(16,17)15-6-5-9-1-2-9/h3-4,7,9,15H,1-2,5-6,14H2. The van der Waals surface area contributed by atoms with Crippen molar-refractivity contribution in [3.8, 4) is 6.07 Å². The summed E-state index contributed by atoms with van der Waals surface area (Å²) < 4.78 is 26.5. The predicted octanol–water partition coefficient (Wildman–Crippen LogP) is 1.22. The molecule has 6 heteroatoms. The molecule has 0 aromatic heterocycles. The first-order valence-electron chi connectivity index (χ1n) is 5.82. The monoisotopic (exact) mass is 265 g/mol. The first-order chi connectivity index (χ1) is 8.53. The van der Waals surface area contributed by atoms with Crippen LogP contribution >= 0.6 is 0 Å². The normalized spacial score (nSPS) is 15.3. The molecule has 96 valence electrons. The molecule has 0 unspecified atom stereocenters. The van der Waals surface area contributed by atoms with E-state index in [9.17, 15) is 8.42 Å². The van der Waals surface area contributed by atoms with Crippen LogP contribution in [0.1, 0.15) is 24.8 Å². The van der Waals surface area contributed by atoms with Crippen molar-refractivity contribution in [3.63, 3.8) is 0 Å². The fourth-order valence-electron chi connectivity index (χ4n) is 1.74. The molecule has 1 aliphatic rings. The molecule has 1 saturated carbocycles. The van der Waals surface area contributed by atoms with Gasteiger partial charge in [-0.2, -0.15) is 5.26 Å². The van der Waals surface area contributed by atoms with Crippen LogP contribution in [0.3, 0.4) is 0 Å². The fourth-order valence-corrected chi connectivity index (χ4v) is 2.90. The van der Waals surface area contributed by atoms with Gasteiger partial charge in [0.05, 0.1) is 17.3 Å². The van der Waals surface area contributed by atoms with Gasteiger partial charge in [-0.25, -0.2) is 13.1 Å². The van der Waals surface area contributed by atoms with Crippen LogP contribution in [0.5, 0.6) is 0 Å². The topological polar surface area (TPSA) is 96.0 Å². The lowest BCUT2D eigenvalue weighted by molar-refractivity contribution is 0.575. The number of benzene rings is 1. The number of nitrogen functional groups attached to an aromatic ring is 1. The Morgan fingerprint density at radius 1 is 1.44 bits per heavy atom. The summed E-state index contributed by atoms with van der Waals surface area (Å²) in [5.74, 6) is 0.672. The molecule has 1 aromatic carbocycles. The van der Waals surface area contributed by atoms with Crippen LogP contribution in [0, 0.1) is 17.2 Å². The third kappa shape index (κ3) is 3.00. The molecule has 0 saturated heterocycles. The van der Waals surface area contributed by atoms with Gasteiger partial charge in [0.15, 0.2) is 0 Å². The van der Waals surface area contributed by atoms with Crippen molar-refractivity contribution in [2.45, 2.75) is 24.2 Å². The summed E-state index contributed by atoms with van der Waals surface area (Å²) in [6.07, 6.45) is 3.26. The van der Waals surface area contributed by atoms with Gasteiger partial charge in [-0.05, 0) is 30.5 Å². The van der Waals surface area contributed by atoms with Gasteiger partial charge in [-0.1, -0.05) is 12.8 Å². The number of nitriles is 1. The summed E-state index contributed by atoms with van der Waals surface area (Å²) in [6.45, 7) is 0.437. The van der Waals surface area contributed by atoms with Crippen LogP contribution in [0.25, 0.3) is 0 Å². The lowest BCUT2D eigenvalue weighted by Gasteiger charge is -2.08. The zero-order chi connectivity index (χ0) is 13.2. The zero-order valence-corrected chi connectivity index (χ0v) is 10.7. The van der Waals surface area contributed by atoms with Crippen LogP contribution in [0.4, 0.5) is 5.69 Å². The number of sulfonamides is 1. The van der Waals surface area contributed by atoms with Gasteiger partial charge >= 0.3 is 0 Å². The van der Waals surface area contributed by atoms with Crippen LogP contribution in [-0.4, -0.2) is 15.0 Å². The van der Waals surface area contributed by atoms with E-state index in [1.807, 2.05) is 6.07 Å². The maximum atomic E-state index is 12.0. The van der Waals surface area contributed by atoms with Gasteiger partial charge in [0, 0.05) is 6.54 Å². The van der Waals surface area contributed by atoms with E-state index in [0.717, 1.165) is 6.42 Å². The lowest BCUT2D eigenvalue weighted by Crippen LogP contribution is -2.25. The largest absolute Gasteiger partial charge is 0.398 e. The third-order valence-corrected chi connectivity index (χ3v) is 4.50. The molecule has 0 atom stereocenters. The summed E-state index contributed by atoms with van der Waals surface area (Å²) in [7, 11) is -3.57. The van der Waals surface area contributed by atoms with Gasteiger partial charge in [0.2, 0.25) is 10.0 Å². The molecule has 5 nitrogen and oxygen atoms in total. The van der Waals surface area contributed by atoms with E-state index >= 15 is 0 Å². The lowest BCUT2D eigenvalue weighted by atomic mass is 10.2. The molecule has 2 rings (SSSR count). The summed E-state index contributed by atoms with van der Waals surface area (Å²) in [5, 5.41) is 8.69. The fraction of sp³-hybridized carbons (Fsp3) is 0.417. The molecule has 1 aromatic rings. The summed E-state index contributed by atoms with van der Waals surface area (Å²) >= 11 is 0. The Hall–Kier alpha value is -1.58. The SMILES string of the molecule is N#Cc1ccc(S(=O)(=O)NCCC2CC2)c(N)c1. The molecular formula is C12H15N3O2S. The number of hydrogen-bond donors (Lipinski definition) is 2. The molecule has 0 bridgehead atoms. The summed E-state index contributed by atoms with van der Waals surface area (Å²) in [6, 6.07) is 6.11. The highest BCUT2D eigenvalue weighted by atomic mass is 32.2. The van der Waals surface area contributed by atoms with Gasteiger partial charge < -0.3 is 5.73 Å². The quantitative estimate of drug-likeness (QED) is 0.782. The van der Waals surface area contributed by atoms with E-state index < -0.39 is 10.0 Å². The second-order valence-corrected chi connectivity index (χ2v) is 6.23. The number of nitrogens with two attached hydrogens (primary N) is 1. The molecule has 3 N–H and O–H groups in total. The van der Waals surface area contributed by atoms with Crippen molar-refractivity contribution in [1.82, 2.24) is 4.72 Å². The van der Waals surface area contributed by atoms with Gasteiger partial charge in [0.25, 0.3) is 0 Å². The highest BCUT2D eigenvalue weighted by molar-refractivity contribution is 7.89. The average Bonchev–Trinajstić information content (AvgIpc) is 3.12. The molecule has 1 aliphatic carbocycles. The minimum absolute atomic E-state index is 0.0392. The molecule has 0 spiro atoms. The van der Waals surface area contributed by atoms with E-state index in [0.29, 0.717) is 18.0 Å². The van der Waals surface area contributed by atoms with Gasteiger partial charge in [-0.15, -0.1) is 0 Å². The number of rotatable bonds is 5. The Labute approximate surface area is 107 Å². The smallest absolute Gasteiger partial charge is 0.242 e.